The van der Waals surface area contributed by atoms with E-state index in [1.54, 1.807) is 6.07 Å². The highest BCUT2D eigenvalue weighted by Gasteiger charge is 2.05. The number of nitrogens with zero attached hydrogens (tertiary/aromatic N) is 1. The predicted molar refractivity (Wildman–Crippen MR) is 62.9 cm³/mol. The Bertz CT molecular complexity index is 344. The third-order valence-corrected chi connectivity index (χ3v) is 3.23. The minimum absolute atomic E-state index is 0.257. The van der Waals surface area contributed by atoms with Crippen molar-refractivity contribution in [2.75, 3.05) is 0 Å². The molecule has 0 unspecified atom stereocenters. The molecule has 0 saturated heterocycles. The summed E-state index contributed by atoms with van der Waals surface area (Å²) < 4.78 is 1.73. The summed E-state index contributed by atoms with van der Waals surface area (Å²) in [7, 11) is 0. The van der Waals surface area contributed by atoms with Crippen LogP contribution in [-0.4, -0.2) is 5.11 Å². The van der Waals surface area contributed by atoms with Gasteiger partial charge in [0.25, 0.3) is 0 Å². The first kappa shape index (κ1) is 10.1. The molecule has 0 heterocycles. The van der Waals surface area contributed by atoms with Crippen LogP contribution in [0.15, 0.2) is 12.1 Å². The van der Waals surface area contributed by atoms with Gasteiger partial charge in [-0.05, 0) is 62.9 Å². The molecule has 0 aliphatic heterocycles. The predicted octanol–water partition coefficient (Wildman–Crippen LogP) is 2.67. The van der Waals surface area contributed by atoms with Gasteiger partial charge in [0.05, 0.1) is 16.1 Å². The van der Waals surface area contributed by atoms with Crippen LogP contribution in [0.3, 0.4) is 0 Å². The summed E-state index contributed by atoms with van der Waals surface area (Å²) in [6.07, 6.45) is 0.350. The minimum Gasteiger partial charge on any atom is -0.507 e. The Hall–Kier alpha value is -0.0300. The SMILES string of the molecule is N#CCc1cc(I)cc(O)c1I. The van der Waals surface area contributed by atoms with Crippen molar-refractivity contribution in [1.82, 2.24) is 0 Å². The molecule has 1 rings (SSSR count). The van der Waals surface area contributed by atoms with Gasteiger partial charge in [-0.2, -0.15) is 5.26 Å². The Balaban J connectivity index is 3.20. The number of nitriles is 1. The fourth-order valence-electron chi connectivity index (χ4n) is 0.844. The van der Waals surface area contributed by atoms with Gasteiger partial charge in [-0.1, -0.05) is 0 Å². The van der Waals surface area contributed by atoms with Gasteiger partial charge in [0.15, 0.2) is 0 Å². The van der Waals surface area contributed by atoms with Crippen molar-refractivity contribution >= 4 is 45.2 Å². The topological polar surface area (TPSA) is 44.0 Å². The van der Waals surface area contributed by atoms with E-state index in [4.69, 9.17) is 5.26 Å². The Morgan fingerprint density at radius 1 is 1.42 bits per heavy atom. The van der Waals surface area contributed by atoms with E-state index in [0.29, 0.717) is 6.42 Å². The standard InChI is InChI=1S/C8H5I2NO/c9-6-3-5(1-2-11)8(10)7(12)4-6/h3-4,12H,1H2. The number of phenols is 1. The van der Waals surface area contributed by atoms with Gasteiger partial charge in [-0.25, -0.2) is 0 Å². The number of phenolic OH excluding ortho intramolecular Hbond substituents is 1. The zero-order valence-corrected chi connectivity index (χ0v) is 10.3. The second kappa shape index (κ2) is 4.28. The molecule has 1 aromatic rings. The highest BCUT2D eigenvalue weighted by molar-refractivity contribution is 14.1. The summed E-state index contributed by atoms with van der Waals surface area (Å²) in [6, 6.07) is 5.65. The second-order valence-electron chi connectivity index (χ2n) is 2.23. The molecule has 1 aromatic carbocycles. The number of halogens is 2. The van der Waals surface area contributed by atoms with Gasteiger partial charge >= 0.3 is 0 Å². The lowest BCUT2D eigenvalue weighted by Gasteiger charge is -2.02. The van der Waals surface area contributed by atoms with E-state index in [2.05, 4.69) is 28.7 Å². The van der Waals surface area contributed by atoms with E-state index in [0.717, 1.165) is 12.7 Å². The first-order valence-corrected chi connectivity index (χ1v) is 5.34. The summed E-state index contributed by atoms with van der Waals surface area (Å²) in [6.45, 7) is 0. The maximum absolute atomic E-state index is 9.39. The van der Waals surface area contributed by atoms with Crippen LogP contribution in [0.25, 0.3) is 0 Å². The maximum Gasteiger partial charge on any atom is 0.130 e. The Morgan fingerprint density at radius 2 is 2.08 bits per heavy atom. The summed E-state index contributed by atoms with van der Waals surface area (Å²) in [5, 5.41) is 17.9. The largest absolute Gasteiger partial charge is 0.507 e. The zero-order valence-electron chi connectivity index (χ0n) is 6.01. The lowest BCUT2D eigenvalue weighted by Crippen LogP contribution is -1.89. The number of aromatic hydroxyl groups is 1. The number of benzene rings is 1. The van der Waals surface area contributed by atoms with E-state index < -0.39 is 0 Å². The molecule has 0 saturated carbocycles. The smallest absolute Gasteiger partial charge is 0.130 e. The van der Waals surface area contributed by atoms with Crippen molar-refractivity contribution in [3.8, 4) is 11.8 Å². The number of hydrogen-bond acceptors (Lipinski definition) is 2. The molecule has 0 aliphatic carbocycles. The van der Waals surface area contributed by atoms with Gasteiger partial charge in [0, 0.05) is 3.57 Å². The van der Waals surface area contributed by atoms with Gasteiger partial charge in [0.1, 0.15) is 5.75 Å². The molecule has 0 fully saturated rings. The fraction of sp³-hybridized carbons (Fsp3) is 0.125. The van der Waals surface area contributed by atoms with Gasteiger partial charge in [-0.3, -0.25) is 0 Å². The van der Waals surface area contributed by atoms with Crippen LogP contribution in [0.2, 0.25) is 0 Å². The van der Waals surface area contributed by atoms with E-state index in [1.807, 2.05) is 28.7 Å². The van der Waals surface area contributed by atoms with Gasteiger partial charge in [0.2, 0.25) is 0 Å². The summed E-state index contributed by atoms with van der Waals surface area (Å²) >= 11 is 4.16. The van der Waals surface area contributed by atoms with Gasteiger partial charge in [-0.15, -0.1) is 0 Å². The highest BCUT2D eigenvalue weighted by Crippen LogP contribution is 2.26. The average Bonchev–Trinajstić information content (AvgIpc) is 2.00. The fourth-order valence-corrected chi connectivity index (χ4v) is 2.02. The van der Waals surface area contributed by atoms with Crippen LogP contribution >= 0.6 is 45.2 Å². The van der Waals surface area contributed by atoms with Crippen molar-refractivity contribution in [3.63, 3.8) is 0 Å². The highest BCUT2D eigenvalue weighted by atomic mass is 127. The molecule has 0 aliphatic rings. The maximum atomic E-state index is 9.39. The number of hydrogen-bond donors (Lipinski definition) is 1. The lowest BCUT2D eigenvalue weighted by atomic mass is 10.2. The van der Waals surface area contributed by atoms with Crippen molar-refractivity contribution < 1.29 is 5.11 Å². The van der Waals surface area contributed by atoms with Gasteiger partial charge < -0.3 is 5.11 Å². The molecule has 4 heteroatoms. The second-order valence-corrected chi connectivity index (χ2v) is 4.56. The van der Waals surface area contributed by atoms with Crippen LogP contribution in [0.1, 0.15) is 5.56 Å². The van der Waals surface area contributed by atoms with Crippen molar-refractivity contribution in [1.29, 1.82) is 5.26 Å². The van der Waals surface area contributed by atoms with Crippen molar-refractivity contribution in [2.24, 2.45) is 0 Å². The molecule has 62 valence electrons. The molecule has 0 amide bonds. The summed E-state index contributed by atoms with van der Waals surface area (Å²) in [5.74, 6) is 0.257. The molecule has 0 spiro atoms. The van der Waals surface area contributed by atoms with E-state index in [1.165, 1.54) is 0 Å². The van der Waals surface area contributed by atoms with Crippen LogP contribution < -0.4 is 0 Å². The van der Waals surface area contributed by atoms with E-state index in [9.17, 15) is 5.11 Å². The molecule has 2 nitrogen and oxygen atoms in total. The van der Waals surface area contributed by atoms with Crippen molar-refractivity contribution in [3.05, 3.63) is 24.8 Å². The lowest BCUT2D eigenvalue weighted by molar-refractivity contribution is 0.470. The normalized spacial score (nSPS) is 9.42. The Labute approximate surface area is 97.9 Å². The molecule has 0 radical (unpaired) electrons. The third kappa shape index (κ3) is 2.23. The molecule has 0 bridgehead atoms. The first-order valence-electron chi connectivity index (χ1n) is 3.19. The van der Waals surface area contributed by atoms with Crippen LogP contribution in [0, 0.1) is 18.5 Å². The average molecular weight is 385 g/mol. The molecule has 0 atom stereocenters. The van der Waals surface area contributed by atoms with E-state index >= 15 is 0 Å². The first-order chi connectivity index (χ1) is 5.65. The molecular formula is C8H5I2NO. The Morgan fingerprint density at radius 3 is 2.67 bits per heavy atom. The van der Waals surface area contributed by atoms with Crippen molar-refractivity contribution in [2.45, 2.75) is 6.42 Å². The third-order valence-electron chi connectivity index (χ3n) is 1.36. The quantitative estimate of drug-likeness (QED) is 0.756. The summed E-state index contributed by atoms with van der Waals surface area (Å²) in [5.41, 5.74) is 0.891. The monoisotopic (exact) mass is 385 g/mol. The van der Waals surface area contributed by atoms with Crippen LogP contribution in [0.4, 0.5) is 0 Å². The zero-order chi connectivity index (χ0) is 9.14. The Kier molecular flexibility index (Phi) is 3.58. The minimum atomic E-state index is 0.257. The molecular weight excluding hydrogens is 380 g/mol. The van der Waals surface area contributed by atoms with Crippen LogP contribution in [0.5, 0.6) is 5.75 Å². The van der Waals surface area contributed by atoms with Crippen LogP contribution in [-0.2, 0) is 6.42 Å². The molecule has 0 aromatic heterocycles. The van der Waals surface area contributed by atoms with E-state index in [-0.39, 0.29) is 5.75 Å². The summed E-state index contributed by atoms with van der Waals surface area (Å²) in [4.78, 5) is 0. The molecule has 1 N–H and O–H groups in total. The molecule has 12 heavy (non-hydrogen) atoms. The number of rotatable bonds is 1.